The molecule has 0 saturated carbocycles. The maximum absolute atomic E-state index is 5.81. The van der Waals surface area contributed by atoms with E-state index in [1.165, 1.54) is 0 Å². The Hall–Kier alpha value is -0.900. The summed E-state index contributed by atoms with van der Waals surface area (Å²) >= 11 is 0. The molecule has 4 nitrogen and oxygen atoms in total. The van der Waals surface area contributed by atoms with Gasteiger partial charge in [-0.1, -0.05) is 13.8 Å². The molecule has 3 N–H and O–H groups in total. The molecule has 0 fully saturated rings. The number of aromatic nitrogens is 3. The van der Waals surface area contributed by atoms with Gasteiger partial charge < -0.3 is 5.73 Å². The van der Waals surface area contributed by atoms with Gasteiger partial charge >= 0.3 is 0 Å². The molecule has 1 rings (SSSR count). The molecule has 1 atom stereocenters. The van der Waals surface area contributed by atoms with Crippen molar-refractivity contribution in [2.24, 2.45) is 11.7 Å². The van der Waals surface area contributed by atoms with Crippen LogP contribution < -0.4 is 5.73 Å². The van der Waals surface area contributed by atoms with Crippen LogP contribution in [-0.4, -0.2) is 15.2 Å². The Labute approximate surface area is 66.2 Å². The van der Waals surface area contributed by atoms with Crippen LogP contribution in [0.4, 0.5) is 0 Å². The molecule has 0 unspecified atom stereocenters. The standard InChI is InChI=1S/C7H14N4/c1-4(2)6(8)7-9-5(3)10-11-7/h4,6H,8H2,1-3H3,(H,9,10,11)/t6-/m0/s1. The van der Waals surface area contributed by atoms with Gasteiger partial charge in [-0.2, -0.15) is 5.10 Å². The van der Waals surface area contributed by atoms with Crippen LogP contribution in [-0.2, 0) is 0 Å². The van der Waals surface area contributed by atoms with Crippen LogP contribution >= 0.6 is 0 Å². The first-order valence-electron chi connectivity index (χ1n) is 3.75. The SMILES string of the molecule is Cc1nc([C@@H](N)C(C)C)n[nH]1. The molecule has 0 amide bonds. The van der Waals surface area contributed by atoms with Crippen molar-refractivity contribution in [1.82, 2.24) is 15.2 Å². The Morgan fingerprint density at radius 2 is 2.09 bits per heavy atom. The fraction of sp³-hybridized carbons (Fsp3) is 0.714. The van der Waals surface area contributed by atoms with Gasteiger partial charge in [-0.3, -0.25) is 5.10 Å². The van der Waals surface area contributed by atoms with Gasteiger partial charge in [-0.05, 0) is 12.8 Å². The molecule has 0 aromatic carbocycles. The normalized spacial score (nSPS) is 13.9. The summed E-state index contributed by atoms with van der Waals surface area (Å²) in [7, 11) is 0. The van der Waals surface area contributed by atoms with Crippen molar-refractivity contribution in [3.05, 3.63) is 11.6 Å². The summed E-state index contributed by atoms with van der Waals surface area (Å²) in [5.41, 5.74) is 5.81. The molecule has 0 aliphatic heterocycles. The van der Waals surface area contributed by atoms with E-state index in [-0.39, 0.29) is 6.04 Å². The zero-order valence-corrected chi connectivity index (χ0v) is 7.13. The zero-order chi connectivity index (χ0) is 8.43. The lowest BCUT2D eigenvalue weighted by molar-refractivity contribution is 0.491. The third-order valence-corrected chi connectivity index (χ3v) is 1.63. The second-order valence-corrected chi connectivity index (χ2v) is 3.05. The highest BCUT2D eigenvalue weighted by Gasteiger charge is 2.14. The minimum atomic E-state index is -0.0556. The highest BCUT2D eigenvalue weighted by Crippen LogP contribution is 2.13. The molecule has 0 radical (unpaired) electrons. The van der Waals surface area contributed by atoms with Gasteiger partial charge in [0.1, 0.15) is 5.82 Å². The summed E-state index contributed by atoms with van der Waals surface area (Å²) in [6.07, 6.45) is 0. The van der Waals surface area contributed by atoms with Gasteiger partial charge in [-0.25, -0.2) is 4.98 Å². The van der Waals surface area contributed by atoms with Crippen LogP contribution in [0, 0.1) is 12.8 Å². The molecular weight excluding hydrogens is 140 g/mol. The van der Waals surface area contributed by atoms with E-state index in [1.54, 1.807) is 0 Å². The molecule has 11 heavy (non-hydrogen) atoms. The number of nitrogens with zero attached hydrogens (tertiary/aromatic N) is 2. The first kappa shape index (κ1) is 8.20. The monoisotopic (exact) mass is 154 g/mol. The predicted octanol–water partition coefficient (Wildman–Crippen LogP) is 0.769. The second-order valence-electron chi connectivity index (χ2n) is 3.05. The number of hydrogen-bond acceptors (Lipinski definition) is 3. The van der Waals surface area contributed by atoms with Crippen LogP contribution in [0.2, 0.25) is 0 Å². The van der Waals surface area contributed by atoms with Crippen molar-refractivity contribution < 1.29 is 0 Å². The van der Waals surface area contributed by atoms with Crippen molar-refractivity contribution in [3.8, 4) is 0 Å². The fourth-order valence-corrected chi connectivity index (χ4v) is 0.807. The van der Waals surface area contributed by atoms with E-state index < -0.39 is 0 Å². The van der Waals surface area contributed by atoms with Crippen molar-refractivity contribution in [2.75, 3.05) is 0 Å². The average Bonchev–Trinajstić information content (AvgIpc) is 2.34. The van der Waals surface area contributed by atoms with Gasteiger partial charge in [0.25, 0.3) is 0 Å². The summed E-state index contributed by atoms with van der Waals surface area (Å²) in [6.45, 7) is 5.97. The number of nitrogens with one attached hydrogen (secondary N) is 1. The maximum atomic E-state index is 5.81. The zero-order valence-electron chi connectivity index (χ0n) is 7.13. The van der Waals surface area contributed by atoms with Crippen LogP contribution in [0.15, 0.2) is 0 Å². The molecule has 1 heterocycles. The van der Waals surface area contributed by atoms with Crippen LogP contribution in [0.3, 0.4) is 0 Å². The lowest BCUT2D eigenvalue weighted by atomic mass is 10.1. The number of H-pyrrole nitrogens is 1. The summed E-state index contributed by atoms with van der Waals surface area (Å²) in [5, 5.41) is 6.74. The van der Waals surface area contributed by atoms with E-state index in [0.717, 1.165) is 5.82 Å². The van der Waals surface area contributed by atoms with Gasteiger partial charge in [0.05, 0.1) is 6.04 Å². The Bertz CT molecular complexity index is 228. The number of hydrogen-bond donors (Lipinski definition) is 2. The van der Waals surface area contributed by atoms with Crippen molar-refractivity contribution >= 4 is 0 Å². The van der Waals surface area contributed by atoms with E-state index in [4.69, 9.17) is 5.73 Å². The van der Waals surface area contributed by atoms with Gasteiger partial charge in [0.2, 0.25) is 0 Å². The van der Waals surface area contributed by atoms with E-state index in [9.17, 15) is 0 Å². The third-order valence-electron chi connectivity index (χ3n) is 1.63. The molecule has 62 valence electrons. The Morgan fingerprint density at radius 3 is 2.45 bits per heavy atom. The molecule has 0 bridgehead atoms. The number of aromatic amines is 1. The minimum absolute atomic E-state index is 0.0556. The molecule has 1 aromatic rings. The summed E-state index contributed by atoms with van der Waals surface area (Å²) in [5.74, 6) is 1.90. The minimum Gasteiger partial charge on any atom is -0.321 e. The first-order valence-corrected chi connectivity index (χ1v) is 3.75. The molecule has 0 aliphatic rings. The molecule has 0 spiro atoms. The number of aryl methyl sites for hydroxylation is 1. The summed E-state index contributed by atoms with van der Waals surface area (Å²) in [4.78, 5) is 4.14. The predicted molar refractivity (Wildman–Crippen MR) is 42.9 cm³/mol. The second kappa shape index (κ2) is 3.00. The highest BCUT2D eigenvalue weighted by molar-refractivity contribution is 4.95. The summed E-state index contributed by atoms with van der Waals surface area (Å²) in [6, 6.07) is -0.0556. The van der Waals surface area contributed by atoms with Crippen LogP contribution in [0.1, 0.15) is 31.5 Å². The fourth-order valence-electron chi connectivity index (χ4n) is 0.807. The van der Waals surface area contributed by atoms with E-state index in [2.05, 4.69) is 29.0 Å². The highest BCUT2D eigenvalue weighted by atomic mass is 15.2. The van der Waals surface area contributed by atoms with E-state index in [1.807, 2.05) is 6.92 Å². The topological polar surface area (TPSA) is 67.6 Å². The smallest absolute Gasteiger partial charge is 0.167 e. The molecular formula is C7H14N4. The largest absolute Gasteiger partial charge is 0.321 e. The molecule has 0 saturated heterocycles. The average molecular weight is 154 g/mol. The van der Waals surface area contributed by atoms with Crippen molar-refractivity contribution in [2.45, 2.75) is 26.8 Å². The molecule has 1 aromatic heterocycles. The maximum Gasteiger partial charge on any atom is 0.167 e. The first-order chi connectivity index (χ1) is 5.11. The lowest BCUT2D eigenvalue weighted by Crippen LogP contribution is -2.18. The van der Waals surface area contributed by atoms with E-state index >= 15 is 0 Å². The van der Waals surface area contributed by atoms with Gasteiger partial charge in [0.15, 0.2) is 5.82 Å². The Morgan fingerprint density at radius 1 is 1.45 bits per heavy atom. The lowest BCUT2D eigenvalue weighted by Gasteiger charge is -2.10. The van der Waals surface area contributed by atoms with Crippen molar-refractivity contribution in [1.29, 1.82) is 0 Å². The van der Waals surface area contributed by atoms with Crippen LogP contribution in [0.25, 0.3) is 0 Å². The van der Waals surface area contributed by atoms with Crippen molar-refractivity contribution in [3.63, 3.8) is 0 Å². The Kier molecular flexibility index (Phi) is 2.24. The number of nitrogens with two attached hydrogens (primary N) is 1. The molecule has 0 aliphatic carbocycles. The quantitative estimate of drug-likeness (QED) is 0.661. The number of rotatable bonds is 2. The van der Waals surface area contributed by atoms with Gasteiger partial charge in [-0.15, -0.1) is 0 Å². The third kappa shape index (κ3) is 1.77. The summed E-state index contributed by atoms with van der Waals surface area (Å²) < 4.78 is 0. The van der Waals surface area contributed by atoms with Crippen LogP contribution in [0.5, 0.6) is 0 Å². The van der Waals surface area contributed by atoms with E-state index in [0.29, 0.717) is 11.7 Å². The Balaban J connectivity index is 2.76. The van der Waals surface area contributed by atoms with Gasteiger partial charge in [0, 0.05) is 0 Å². The molecule has 4 heteroatoms.